The molecule has 0 aromatic rings. The lowest BCUT2D eigenvalue weighted by Gasteiger charge is -2.42. The molecule has 6 nitrogen and oxygen atoms in total. The molecule has 3 aliphatic rings. The van der Waals surface area contributed by atoms with E-state index in [1.165, 1.54) is 32.1 Å². The van der Waals surface area contributed by atoms with Gasteiger partial charge in [0, 0.05) is 6.54 Å². The zero-order valence-electron chi connectivity index (χ0n) is 18.5. The smallest absolute Gasteiger partial charge is 0.325 e. The number of nitrogens with one attached hydrogen (secondary N) is 2. The minimum atomic E-state index is -0.792. The highest BCUT2D eigenvalue weighted by atomic mass is 16.2. The molecule has 0 aromatic carbocycles. The number of hydrogen-bond acceptors (Lipinski definition) is 3. The molecule has 1 heterocycles. The van der Waals surface area contributed by atoms with Crippen LogP contribution in [0.25, 0.3) is 0 Å². The van der Waals surface area contributed by atoms with Gasteiger partial charge in [-0.3, -0.25) is 14.5 Å². The number of imide groups is 1. The van der Waals surface area contributed by atoms with Crippen LogP contribution in [-0.2, 0) is 9.59 Å². The van der Waals surface area contributed by atoms with Crippen molar-refractivity contribution in [1.82, 2.24) is 15.5 Å². The van der Waals surface area contributed by atoms with Crippen LogP contribution in [0, 0.1) is 17.3 Å². The predicted molar refractivity (Wildman–Crippen MR) is 113 cm³/mol. The maximum atomic E-state index is 13.0. The van der Waals surface area contributed by atoms with Crippen LogP contribution in [0.1, 0.15) is 91.4 Å². The van der Waals surface area contributed by atoms with Gasteiger partial charge in [0.1, 0.15) is 12.1 Å². The molecule has 2 N–H and O–H groups in total. The van der Waals surface area contributed by atoms with Gasteiger partial charge in [-0.1, -0.05) is 59.3 Å². The van der Waals surface area contributed by atoms with Gasteiger partial charge in [-0.25, -0.2) is 4.79 Å². The Labute approximate surface area is 175 Å². The van der Waals surface area contributed by atoms with E-state index in [-0.39, 0.29) is 23.8 Å². The van der Waals surface area contributed by atoms with E-state index in [4.69, 9.17) is 0 Å². The van der Waals surface area contributed by atoms with E-state index in [1.807, 2.05) is 0 Å². The first-order valence-corrected chi connectivity index (χ1v) is 11.7. The summed E-state index contributed by atoms with van der Waals surface area (Å²) in [6.45, 7) is 7.25. The molecule has 0 aromatic heterocycles. The molecule has 0 bridgehead atoms. The summed E-state index contributed by atoms with van der Waals surface area (Å²) >= 11 is 0. The molecule has 0 radical (unpaired) electrons. The molecule has 3 rings (SSSR count). The van der Waals surface area contributed by atoms with Gasteiger partial charge in [-0.2, -0.15) is 0 Å². The number of amides is 4. The second kappa shape index (κ2) is 9.05. The Morgan fingerprint density at radius 2 is 1.79 bits per heavy atom. The van der Waals surface area contributed by atoms with Crippen molar-refractivity contribution < 1.29 is 14.4 Å². The summed E-state index contributed by atoms with van der Waals surface area (Å²) in [6.07, 6.45) is 11.7. The van der Waals surface area contributed by atoms with E-state index in [1.54, 1.807) is 0 Å². The molecule has 0 unspecified atom stereocenters. The van der Waals surface area contributed by atoms with Crippen molar-refractivity contribution in [3.8, 4) is 0 Å². The minimum absolute atomic E-state index is 0.166. The van der Waals surface area contributed by atoms with Crippen LogP contribution in [0.2, 0.25) is 0 Å². The number of hydrogen-bond donors (Lipinski definition) is 2. The van der Waals surface area contributed by atoms with Gasteiger partial charge in [0.05, 0.1) is 0 Å². The maximum Gasteiger partial charge on any atom is 0.325 e. The number of rotatable bonds is 7. The Balaban J connectivity index is 1.48. The van der Waals surface area contributed by atoms with Crippen LogP contribution in [0.4, 0.5) is 4.79 Å². The third-order valence-corrected chi connectivity index (χ3v) is 8.00. The Kier molecular flexibility index (Phi) is 6.90. The first kappa shape index (κ1) is 22.1. The average molecular weight is 406 g/mol. The third-order valence-electron chi connectivity index (χ3n) is 8.00. The molecule has 6 heteroatoms. The largest absolute Gasteiger partial charge is 0.355 e. The minimum Gasteiger partial charge on any atom is -0.355 e. The van der Waals surface area contributed by atoms with E-state index in [0.29, 0.717) is 31.2 Å². The van der Waals surface area contributed by atoms with Crippen molar-refractivity contribution in [2.24, 2.45) is 17.3 Å². The molecular formula is C23H39N3O3. The lowest BCUT2D eigenvalue weighted by molar-refractivity contribution is -0.136. The van der Waals surface area contributed by atoms with E-state index in [9.17, 15) is 14.4 Å². The summed E-state index contributed by atoms with van der Waals surface area (Å²) in [7, 11) is 0. The molecule has 2 saturated carbocycles. The number of urea groups is 1. The second-order valence-electron chi connectivity index (χ2n) is 10.2. The van der Waals surface area contributed by atoms with E-state index in [2.05, 4.69) is 31.4 Å². The Morgan fingerprint density at radius 3 is 2.41 bits per heavy atom. The lowest BCUT2D eigenvalue weighted by Crippen LogP contribution is -2.51. The predicted octanol–water partition coefficient (Wildman–Crippen LogP) is 3.99. The summed E-state index contributed by atoms with van der Waals surface area (Å²) in [5, 5.41) is 5.84. The van der Waals surface area contributed by atoms with Crippen molar-refractivity contribution in [3.63, 3.8) is 0 Å². The molecule has 1 aliphatic heterocycles. The summed E-state index contributed by atoms with van der Waals surface area (Å²) in [4.78, 5) is 39.0. The Morgan fingerprint density at radius 1 is 1.14 bits per heavy atom. The van der Waals surface area contributed by atoms with Crippen LogP contribution >= 0.6 is 0 Å². The summed E-state index contributed by atoms with van der Waals surface area (Å²) < 4.78 is 0. The fourth-order valence-corrected chi connectivity index (χ4v) is 5.43. The van der Waals surface area contributed by atoms with Gasteiger partial charge in [0.25, 0.3) is 5.91 Å². The Bertz CT molecular complexity index is 617. The first-order chi connectivity index (χ1) is 13.8. The highest BCUT2D eigenvalue weighted by molar-refractivity contribution is 6.09. The lowest BCUT2D eigenvalue weighted by atomic mass is 9.65. The van der Waals surface area contributed by atoms with E-state index in [0.717, 1.165) is 30.6 Å². The van der Waals surface area contributed by atoms with E-state index < -0.39 is 11.6 Å². The standard InChI is InChI=1S/C23H39N3O3/c1-4-22(2,3)18-10-13-23(14-11-18)20(28)26(21(29)25-23)16-19(27)24-15-12-17-8-6-5-7-9-17/h17-18H,4-16H2,1-3H3,(H,24,27)(H,25,29). The van der Waals surface area contributed by atoms with Crippen LogP contribution in [-0.4, -0.2) is 41.4 Å². The van der Waals surface area contributed by atoms with Crippen LogP contribution < -0.4 is 10.6 Å². The van der Waals surface area contributed by atoms with Crippen molar-refractivity contribution in [2.45, 2.75) is 96.9 Å². The first-order valence-electron chi connectivity index (χ1n) is 11.7. The van der Waals surface area contributed by atoms with Crippen molar-refractivity contribution in [1.29, 1.82) is 0 Å². The van der Waals surface area contributed by atoms with Gasteiger partial charge in [-0.05, 0) is 49.4 Å². The van der Waals surface area contributed by atoms with Crippen molar-refractivity contribution >= 4 is 17.8 Å². The summed E-state index contributed by atoms with van der Waals surface area (Å²) in [5.74, 6) is 0.825. The zero-order valence-corrected chi connectivity index (χ0v) is 18.5. The number of carbonyl (C=O) groups excluding carboxylic acids is 3. The quantitative estimate of drug-likeness (QED) is 0.629. The van der Waals surface area contributed by atoms with Gasteiger partial charge < -0.3 is 10.6 Å². The molecule has 29 heavy (non-hydrogen) atoms. The molecular weight excluding hydrogens is 366 g/mol. The van der Waals surface area contributed by atoms with Crippen LogP contribution in [0.3, 0.4) is 0 Å². The van der Waals surface area contributed by atoms with E-state index >= 15 is 0 Å². The molecule has 0 atom stereocenters. The normalized spacial score (nSPS) is 28.7. The average Bonchev–Trinajstić information content (AvgIpc) is 2.93. The fourth-order valence-electron chi connectivity index (χ4n) is 5.43. The second-order valence-corrected chi connectivity index (χ2v) is 10.2. The summed E-state index contributed by atoms with van der Waals surface area (Å²) in [5.41, 5.74) is -0.537. The highest BCUT2D eigenvalue weighted by Crippen LogP contribution is 2.45. The van der Waals surface area contributed by atoms with Gasteiger partial charge in [0.2, 0.25) is 5.91 Å². The molecule has 4 amide bonds. The van der Waals surface area contributed by atoms with Gasteiger partial charge in [0.15, 0.2) is 0 Å². The number of carbonyl (C=O) groups is 3. The van der Waals surface area contributed by atoms with Crippen LogP contribution in [0.15, 0.2) is 0 Å². The number of nitrogens with zero attached hydrogens (tertiary/aromatic N) is 1. The molecule has 1 spiro atoms. The monoisotopic (exact) mass is 405 g/mol. The van der Waals surface area contributed by atoms with Gasteiger partial charge in [-0.15, -0.1) is 0 Å². The molecule has 2 aliphatic carbocycles. The van der Waals surface area contributed by atoms with Gasteiger partial charge >= 0.3 is 6.03 Å². The topological polar surface area (TPSA) is 78.5 Å². The SMILES string of the molecule is CCC(C)(C)C1CCC2(CC1)NC(=O)N(CC(=O)NCCC1CCCCC1)C2=O. The third kappa shape index (κ3) is 4.95. The van der Waals surface area contributed by atoms with Crippen molar-refractivity contribution in [3.05, 3.63) is 0 Å². The molecule has 1 saturated heterocycles. The highest BCUT2D eigenvalue weighted by Gasteiger charge is 2.53. The van der Waals surface area contributed by atoms with Crippen LogP contribution in [0.5, 0.6) is 0 Å². The van der Waals surface area contributed by atoms with Crippen molar-refractivity contribution in [2.75, 3.05) is 13.1 Å². The molecule has 3 fully saturated rings. The Hall–Kier alpha value is -1.59. The molecule has 164 valence electrons. The maximum absolute atomic E-state index is 13.0. The zero-order chi connectivity index (χ0) is 21.1. The fraction of sp³-hybridized carbons (Fsp3) is 0.870. The summed E-state index contributed by atoms with van der Waals surface area (Å²) in [6, 6.07) is -0.411.